The van der Waals surface area contributed by atoms with Crippen LogP contribution in [-0.4, -0.2) is 28.9 Å². The van der Waals surface area contributed by atoms with E-state index in [2.05, 4.69) is 5.32 Å². The first kappa shape index (κ1) is 23.7. The van der Waals surface area contributed by atoms with Crippen molar-refractivity contribution in [3.63, 3.8) is 0 Å². The van der Waals surface area contributed by atoms with Crippen molar-refractivity contribution < 1.29 is 29.0 Å². The third-order valence-electron chi connectivity index (χ3n) is 5.31. The number of benzene rings is 3. The number of imide groups is 2. The molecule has 1 aliphatic heterocycles. The lowest BCUT2D eigenvalue weighted by Gasteiger charge is -2.26. The van der Waals surface area contributed by atoms with Gasteiger partial charge in [0.15, 0.2) is 0 Å². The van der Waals surface area contributed by atoms with Crippen molar-refractivity contribution in [2.75, 3.05) is 4.90 Å². The summed E-state index contributed by atoms with van der Waals surface area (Å²) < 4.78 is 5.71. The number of hydrogen-bond donors (Lipinski definition) is 2. The number of carboxylic acids is 1. The number of carbonyl (C=O) groups is 4. The lowest BCUT2D eigenvalue weighted by atomic mass is 10.1. The third-order valence-corrected chi connectivity index (χ3v) is 5.72. The normalized spacial score (nSPS) is 14.7. The van der Waals surface area contributed by atoms with Gasteiger partial charge in [-0.25, -0.2) is 14.5 Å². The second kappa shape index (κ2) is 9.82. The molecule has 3 aromatic carbocycles. The van der Waals surface area contributed by atoms with Crippen molar-refractivity contribution in [2.45, 2.75) is 13.5 Å². The molecule has 2 N–H and O–H groups in total. The van der Waals surface area contributed by atoms with E-state index in [-0.39, 0.29) is 23.4 Å². The fourth-order valence-corrected chi connectivity index (χ4v) is 3.52. The van der Waals surface area contributed by atoms with Crippen LogP contribution >= 0.6 is 11.6 Å². The molecule has 0 aromatic heterocycles. The Morgan fingerprint density at radius 1 is 1.03 bits per heavy atom. The average molecular weight is 491 g/mol. The van der Waals surface area contributed by atoms with Crippen LogP contribution in [0.2, 0.25) is 5.02 Å². The van der Waals surface area contributed by atoms with E-state index < -0.39 is 23.8 Å². The number of aromatic carboxylic acids is 1. The van der Waals surface area contributed by atoms with E-state index in [1.165, 1.54) is 24.3 Å². The fraction of sp³-hybridized carbons (Fsp3) is 0.0769. The maximum atomic E-state index is 13.0. The van der Waals surface area contributed by atoms with Gasteiger partial charge in [-0.15, -0.1) is 0 Å². The Bertz CT molecular complexity index is 1360. The molecule has 1 fully saturated rings. The summed E-state index contributed by atoms with van der Waals surface area (Å²) in [5.74, 6) is -2.01. The topological polar surface area (TPSA) is 113 Å². The van der Waals surface area contributed by atoms with Gasteiger partial charge in [0, 0.05) is 5.02 Å². The number of carboxylic acid groups (broad SMARTS) is 1. The van der Waals surface area contributed by atoms with Gasteiger partial charge in [0.2, 0.25) is 0 Å². The molecule has 0 radical (unpaired) electrons. The highest BCUT2D eigenvalue weighted by molar-refractivity contribution is 6.39. The highest BCUT2D eigenvalue weighted by Crippen LogP contribution is 2.27. The molecule has 0 saturated carbocycles. The number of carbonyl (C=O) groups excluding carboxylic acids is 3. The van der Waals surface area contributed by atoms with Crippen LogP contribution in [0.4, 0.5) is 10.5 Å². The Balaban J connectivity index is 1.49. The summed E-state index contributed by atoms with van der Waals surface area (Å²) in [5, 5.41) is 11.5. The smallest absolute Gasteiger partial charge is 0.335 e. The summed E-state index contributed by atoms with van der Waals surface area (Å²) in [5.41, 5.74) is 2.38. The van der Waals surface area contributed by atoms with Gasteiger partial charge in [-0.05, 0) is 66.1 Å². The second-order valence-corrected chi connectivity index (χ2v) is 8.16. The molecule has 4 rings (SSSR count). The molecule has 0 spiro atoms. The molecule has 0 unspecified atom stereocenters. The Morgan fingerprint density at radius 3 is 2.34 bits per heavy atom. The molecule has 9 heteroatoms. The number of amides is 4. The lowest BCUT2D eigenvalue weighted by molar-refractivity contribution is -0.122. The first-order valence-electron chi connectivity index (χ1n) is 10.5. The van der Waals surface area contributed by atoms with E-state index in [1.54, 1.807) is 55.5 Å². The van der Waals surface area contributed by atoms with Gasteiger partial charge in [-0.1, -0.05) is 41.9 Å². The number of aryl methyl sites for hydroxylation is 1. The Labute approximate surface area is 205 Å². The van der Waals surface area contributed by atoms with Gasteiger partial charge in [0.05, 0.1) is 11.3 Å². The van der Waals surface area contributed by atoms with Gasteiger partial charge in [0.1, 0.15) is 17.9 Å². The minimum absolute atomic E-state index is 0.193. The van der Waals surface area contributed by atoms with Crippen LogP contribution in [-0.2, 0) is 16.2 Å². The van der Waals surface area contributed by atoms with Crippen LogP contribution in [0.25, 0.3) is 6.08 Å². The molecule has 1 aliphatic rings. The van der Waals surface area contributed by atoms with E-state index in [0.717, 1.165) is 16.0 Å². The fourth-order valence-electron chi connectivity index (χ4n) is 3.35. The quantitative estimate of drug-likeness (QED) is 0.386. The Hall–Kier alpha value is -4.43. The Morgan fingerprint density at radius 2 is 1.71 bits per heavy atom. The van der Waals surface area contributed by atoms with E-state index in [4.69, 9.17) is 21.4 Å². The van der Waals surface area contributed by atoms with Gasteiger partial charge in [-0.3, -0.25) is 14.9 Å². The molecule has 0 bridgehead atoms. The second-order valence-electron chi connectivity index (χ2n) is 7.75. The number of anilines is 1. The number of halogens is 1. The number of ether oxygens (including phenoxy) is 1. The van der Waals surface area contributed by atoms with Crippen LogP contribution in [0.3, 0.4) is 0 Å². The molecule has 4 amide bonds. The zero-order valence-electron chi connectivity index (χ0n) is 18.4. The van der Waals surface area contributed by atoms with Crippen molar-refractivity contribution in [1.82, 2.24) is 5.32 Å². The number of nitrogens with one attached hydrogen (secondary N) is 1. The van der Waals surface area contributed by atoms with Crippen molar-refractivity contribution in [3.8, 4) is 5.75 Å². The van der Waals surface area contributed by atoms with Crippen LogP contribution < -0.4 is 15.0 Å². The monoisotopic (exact) mass is 490 g/mol. The highest BCUT2D eigenvalue weighted by atomic mass is 35.5. The lowest BCUT2D eigenvalue weighted by Crippen LogP contribution is -2.54. The van der Waals surface area contributed by atoms with E-state index >= 15 is 0 Å². The van der Waals surface area contributed by atoms with Crippen molar-refractivity contribution >= 4 is 47.2 Å². The molecule has 0 aliphatic carbocycles. The van der Waals surface area contributed by atoms with Crippen LogP contribution in [0.1, 0.15) is 27.0 Å². The van der Waals surface area contributed by atoms with E-state index in [9.17, 15) is 19.2 Å². The van der Waals surface area contributed by atoms with Gasteiger partial charge in [-0.2, -0.15) is 0 Å². The number of nitrogens with zero attached hydrogens (tertiary/aromatic N) is 1. The summed E-state index contributed by atoms with van der Waals surface area (Å²) >= 11 is 6.14. The number of urea groups is 1. The van der Waals surface area contributed by atoms with Crippen LogP contribution in [0, 0.1) is 6.92 Å². The van der Waals surface area contributed by atoms with Gasteiger partial charge in [0.25, 0.3) is 11.8 Å². The van der Waals surface area contributed by atoms with Gasteiger partial charge >= 0.3 is 12.0 Å². The molecule has 1 heterocycles. The van der Waals surface area contributed by atoms with E-state index in [0.29, 0.717) is 16.3 Å². The first-order chi connectivity index (χ1) is 16.7. The zero-order chi connectivity index (χ0) is 25.1. The largest absolute Gasteiger partial charge is 0.489 e. The molecule has 1 saturated heterocycles. The van der Waals surface area contributed by atoms with Crippen molar-refractivity contribution in [2.24, 2.45) is 0 Å². The molecule has 0 atom stereocenters. The summed E-state index contributed by atoms with van der Waals surface area (Å²) in [6.07, 6.45) is 1.39. The highest BCUT2D eigenvalue weighted by Gasteiger charge is 2.36. The van der Waals surface area contributed by atoms with Gasteiger partial charge < -0.3 is 9.84 Å². The van der Waals surface area contributed by atoms with Crippen LogP contribution in [0.5, 0.6) is 5.75 Å². The molecule has 35 heavy (non-hydrogen) atoms. The predicted molar refractivity (Wildman–Crippen MR) is 129 cm³/mol. The minimum Gasteiger partial charge on any atom is -0.489 e. The number of hydrogen-bond acceptors (Lipinski definition) is 5. The Kier molecular flexibility index (Phi) is 6.66. The predicted octanol–water partition coefficient (Wildman–Crippen LogP) is 4.59. The number of rotatable bonds is 6. The maximum Gasteiger partial charge on any atom is 0.335 e. The molecular formula is C26H19ClN2O6. The van der Waals surface area contributed by atoms with E-state index in [1.807, 2.05) is 0 Å². The molecule has 176 valence electrons. The van der Waals surface area contributed by atoms with Crippen molar-refractivity contribution in [1.29, 1.82) is 0 Å². The molecule has 3 aromatic rings. The zero-order valence-corrected chi connectivity index (χ0v) is 19.2. The maximum absolute atomic E-state index is 13.0. The summed E-state index contributed by atoms with van der Waals surface area (Å²) in [7, 11) is 0. The van der Waals surface area contributed by atoms with Crippen molar-refractivity contribution in [3.05, 3.63) is 99.6 Å². The molecule has 8 nitrogen and oxygen atoms in total. The third kappa shape index (κ3) is 5.23. The SMILES string of the molecule is Cc1ccc(N2C(=O)NC(=O)/C(=C/c3ccc(OCc4ccc(C(=O)O)cc4)cc3)C2=O)cc1Cl. The van der Waals surface area contributed by atoms with Crippen LogP contribution in [0.15, 0.2) is 72.3 Å². The summed E-state index contributed by atoms with van der Waals surface area (Å²) in [6.45, 7) is 2.03. The first-order valence-corrected chi connectivity index (χ1v) is 10.8. The summed E-state index contributed by atoms with van der Waals surface area (Å²) in [6, 6.07) is 16.9. The summed E-state index contributed by atoms with van der Waals surface area (Å²) in [4.78, 5) is 49.5. The minimum atomic E-state index is -0.998. The average Bonchev–Trinajstić information content (AvgIpc) is 2.83. The number of barbiturate groups is 1. The standard InChI is InChI=1S/C26H19ClN2O6/c1-15-2-9-19(13-22(15)27)29-24(31)21(23(30)28-26(29)34)12-16-5-10-20(11-6-16)35-14-17-3-7-18(8-4-17)25(32)33/h2-13H,14H2,1H3,(H,32,33)(H,28,30,34)/b21-12-. The molecular weight excluding hydrogens is 472 g/mol.